The van der Waals surface area contributed by atoms with E-state index in [4.69, 9.17) is 5.73 Å². The Kier molecular flexibility index (Phi) is 4.49. The molecule has 2 rings (SSSR count). The molecule has 1 aromatic carbocycles. The first-order chi connectivity index (χ1) is 9.56. The third-order valence-electron chi connectivity index (χ3n) is 3.45. The van der Waals surface area contributed by atoms with Crippen LogP contribution < -0.4 is 10.7 Å². The van der Waals surface area contributed by atoms with E-state index in [1.54, 1.807) is 18.2 Å². The molecule has 0 aliphatic carbocycles. The lowest BCUT2D eigenvalue weighted by Gasteiger charge is -2.15. The number of rotatable bonds is 5. The Labute approximate surface area is 118 Å². The molecular formula is C15H20FN3O. The quantitative estimate of drug-likeness (QED) is 0.899. The molecule has 0 fully saturated rings. The van der Waals surface area contributed by atoms with E-state index in [0.717, 1.165) is 12.1 Å². The van der Waals surface area contributed by atoms with E-state index in [2.05, 4.69) is 5.10 Å². The number of hydrogen-bond donors (Lipinski definition) is 1. The Balaban J connectivity index is 2.32. The molecule has 4 nitrogen and oxygen atoms in total. The molecule has 1 aliphatic rings. The fourth-order valence-electron chi connectivity index (χ4n) is 2.42. The van der Waals surface area contributed by atoms with Gasteiger partial charge in [0.2, 0.25) is 0 Å². The predicted molar refractivity (Wildman–Crippen MR) is 77.9 cm³/mol. The molecule has 0 aromatic heterocycles. The molecule has 5 heteroatoms. The lowest BCUT2D eigenvalue weighted by atomic mass is 9.90. The maximum absolute atomic E-state index is 13.8. The second kappa shape index (κ2) is 6.13. The van der Waals surface area contributed by atoms with Crippen LogP contribution in [-0.2, 0) is 4.79 Å². The molecule has 1 aromatic rings. The molecule has 108 valence electrons. The summed E-state index contributed by atoms with van der Waals surface area (Å²) in [5, 5.41) is 5.55. The Morgan fingerprint density at radius 2 is 2.10 bits per heavy atom. The van der Waals surface area contributed by atoms with Crippen LogP contribution in [0.3, 0.4) is 0 Å². The zero-order valence-corrected chi connectivity index (χ0v) is 11.8. The molecule has 0 radical (unpaired) electrons. The van der Waals surface area contributed by atoms with Crippen molar-refractivity contribution in [2.45, 2.75) is 26.7 Å². The van der Waals surface area contributed by atoms with Crippen molar-refractivity contribution in [2.24, 2.45) is 22.7 Å². The Morgan fingerprint density at radius 1 is 1.40 bits per heavy atom. The molecule has 0 bridgehead atoms. The molecule has 1 aliphatic heterocycles. The standard InChI is InChI=1S/C15H20FN3O/c1-10(2)14-11(6-5-9-17)15(20)19(18-14)13-8-4-3-7-12(13)16/h3-4,7-8,10-11H,5-6,9,17H2,1-2H3. The summed E-state index contributed by atoms with van der Waals surface area (Å²) in [6.07, 6.45) is 1.42. The van der Waals surface area contributed by atoms with E-state index >= 15 is 0 Å². The first kappa shape index (κ1) is 14.7. The van der Waals surface area contributed by atoms with Gasteiger partial charge in [-0.15, -0.1) is 0 Å². The van der Waals surface area contributed by atoms with Gasteiger partial charge in [-0.1, -0.05) is 26.0 Å². The van der Waals surface area contributed by atoms with Crippen LogP contribution in [0.4, 0.5) is 10.1 Å². The van der Waals surface area contributed by atoms with Crippen molar-refractivity contribution in [1.82, 2.24) is 0 Å². The van der Waals surface area contributed by atoms with Crippen LogP contribution >= 0.6 is 0 Å². The number of para-hydroxylation sites is 1. The molecule has 0 saturated heterocycles. The minimum absolute atomic E-state index is 0.151. The number of hydrogen-bond acceptors (Lipinski definition) is 3. The van der Waals surface area contributed by atoms with Gasteiger partial charge in [0.15, 0.2) is 0 Å². The predicted octanol–water partition coefficient (Wildman–Crippen LogP) is 2.54. The van der Waals surface area contributed by atoms with Gasteiger partial charge in [-0.3, -0.25) is 4.79 Å². The van der Waals surface area contributed by atoms with Gasteiger partial charge < -0.3 is 5.73 Å². The molecule has 20 heavy (non-hydrogen) atoms. The lowest BCUT2D eigenvalue weighted by molar-refractivity contribution is -0.120. The van der Waals surface area contributed by atoms with Gasteiger partial charge in [0.1, 0.15) is 11.5 Å². The van der Waals surface area contributed by atoms with E-state index in [9.17, 15) is 9.18 Å². The molecule has 1 amide bonds. The fourth-order valence-corrected chi connectivity index (χ4v) is 2.42. The average Bonchev–Trinajstić information content (AvgIpc) is 2.74. The summed E-state index contributed by atoms with van der Waals surface area (Å²) in [5.41, 5.74) is 6.54. The second-order valence-corrected chi connectivity index (χ2v) is 5.26. The molecule has 1 atom stereocenters. The van der Waals surface area contributed by atoms with Gasteiger partial charge in [-0.2, -0.15) is 10.1 Å². The fraction of sp³-hybridized carbons (Fsp3) is 0.467. The van der Waals surface area contributed by atoms with E-state index in [0.29, 0.717) is 13.0 Å². The Bertz CT molecular complexity index is 528. The zero-order valence-electron chi connectivity index (χ0n) is 11.8. The van der Waals surface area contributed by atoms with E-state index in [-0.39, 0.29) is 23.4 Å². The van der Waals surface area contributed by atoms with Crippen LogP contribution in [0.2, 0.25) is 0 Å². The Morgan fingerprint density at radius 3 is 2.70 bits per heavy atom. The Hall–Kier alpha value is -1.75. The molecule has 2 N–H and O–H groups in total. The largest absolute Gasteiger partial charge is 0.330 e. The zero-order chi connectivity index (χ0) is 14.7. The van der Waals surface area contributed by atoms with Crippen molar-refractivity contribution in [3.63, 3.8) is 0 Å². The number of carbonyl (C=O) groups is 1. The highest BCUT2D eigenvalue weighted by molar-refractivity contribution is 6.16. The number of amides is 1. The number of benzene rings is 1. The number of anilines is 1. The number of halogens is 1. The molecule has 1 heterocycles. The summed E-state index contributed by atoms with van der Waals surface area (Å²) in [4.78, 5) is 12.5. The van der Waals surface area contributed by atoms with Gasteiger partial charge >= 0.3 is 0 Å². The topological polar surface area (TPSA) is 58.7 Å². The molecule has 1 unspecified atom stereocenters. The van der Waals surface area contributed by atoms with Crippen LogP contribution in [-0.4, -0.2) is 18.2 Å². The number of carbonyl (C=O) groups excluding carboxylic acids is 1. The summed E-state index contributed by atoms with van der Waals surface area (Å²) in [6, 6.07) is 6.20. The van der Waals surface area contributed by atoms with Gasteiger partial charge in [0, 0.05) is 0 Å². The van der Waals surface area contributed by atoms with Crippen molar-refractivity contribution < 1.29 is 9.18 Å². The van der Waals surface area contributed by atoms with Gasteiger partial charge in [0.25, 0.3) is 5.91 Å². The maximum Gasteiger partial charge on any atom is 0.256 e. The summed E-state index contributed by atoms with van der Waals surface area (Å²) in [6.45, 7) is 4.52. The highest BCUT2D eigenvalue weighted by Crippen LogP contribution is 2.30. The summed E-state index contributed by atoms with van der Waals surface area (Å²) in [7, 11) is 0. The van der Waals surface area contributed by atoms with Crippen molar-refractivity contribution in [3.8, 4) is 0 Å². The number of nitrogens with zero attached hydrogens (tertiary/aromatic N) is 2. The maximum atomic E-state index is 13.8. The first-order valence-electron chi connectivity index (χ1n) is 6.93. The van der Waals surface area contributed by atoms with Crippen molar-refractivity contribution in [1.29, 1.82) is 0 Å². The van der Waals surface area contributed by atoms with E-state index in [1.807, 2.05) is 13.8 Å². The van der Waals surface area contributed by atoms with Crippen molar-refractivity contribution in [2.75, 3.05) is 11.6 Å². The second-order valence-electron chi connectivity index (χ2n) is 5.26. The van der Waals surface area contributed by atoms with Crippen LogP contribution in [0.1, 0.15) is 26.7 Å². The van der Waals surface area contributed by atoms with Gasteiger partial charge in [-0.05, 0) is 37.4 Å². The monoisotopic (exact) mass is 277 g/mol. The molecular weight excluding hydrogens is 257 g/mol. The van der Waals surface area contributed by atoms with Crippen molar-refractivity contribution in [3.05, 3.63) is 30.1 Å². The van der Waals surface area contributed by atoms with E-state index in [1.165, 1.54) is 11.1 Å². The highest BCUT2D eigenvalue weighted by atomic mass is 19.1. The van der Waals surface area contributed by atoms with Gasteiger partial charge in [0.05, 0.1) is 11.6 Å². The first-order valence-corrected chi connectivity index (χ1v) is 6.93. The van der Waals surface area contributed by atoms with Crippen LogP contribution in [0.5, 0.6) is 0 Å². The molecule has 0 saturated carbocycles. The normalized spacial score (nSPS) is 18.9. The van der Waals surface area contributed by atoms with Gasteiger partial charge in [-0.25, -0.2) is 4.39 Å². The van der Waals surface area contributed by atoms with Crippen LogP contribution in [0.15, 0.2) is 29.4 Å². The third-order valence-corrected chi connectivity index (χ3v) is 3.45. The van der Waals surface area contributed by atoms with E-state index < -0.39 is 5.82 Å². The lowest BCUT2D eigenvalue weighted by Crippen LogP contribution is -2.29. The smallest absolute Gasteiger partial charge is 0.256 e. The van der Waals surface area contributed by atoms with Crippen molar-refractivity contribution >= 4 is 17.3 Å². The average molecular weight is 277 g/mol. The minimum Gasteiger partial charge on any atom is -0.330 e. The highest BCUT2D eigenvalue weighted by Gasteiger charge is 2.37. The number of hydrazone groups is 1. The SMILES string of the molecule is CC(C)C1=NN(c2ccccc2F)C(=O)C1CCCN. The summed E-state index contributed by atoms with van der Waals surface area (Å²) < 4.78 is 13.8. The summed E-state index contributed by atoms with van der Waals surface area (Å²) >= 11 is 0. The van der Waals surface area contributed by atoms with Crippen LogP contribution in [0.25, 0.3) is 0 Å². The third kappa shape index (κ3) is 2.72. The molecule has 0 spiro atoms. The van der Waals surface area contributed by atoms with Crippen LogP contribution in [0, 0.1) is 17.7 Å². The summed E-state index contributed by atoms with van der Waals surface area (Å²) in [5.74, 6) is -0.726. The minimum atomic E-state index is -0.438. The number of nitrogens with two attached hydrogens (primary N) is 1.